The Morgan fingerprint density at radius 3 is 2.62 bits per heavy atom. The van der Waals surface area contributed by atoms with Gasteiger partial charge in [-0.15, -0.1) is 0 Å². The molecule has 0 atom stereocenters. The highest BCUT2D eigenvalue weighted by Crippen LogP contribution is 2.35. The van der Waals surface area contributed by atoms with Crippen molar-refractivity contribution in [2.75, 3.05) is 11.9 Å². The number of hydrogen-bond donors (Lipinski definition) is 2. The van der Waals surface area contributed by atoms with Gasteiger partial charge in [-0.1, -0.05) is 23.2 Å². The predicted molar refractivity (Wildman–Crippen MR) is 83.0 cm³/mol. The van der Waals surface area contributed by atoms with E-state index in [4.69, 9.17) is 27.9 Å². The van der Waals surface area contributed by atoms with E-state index in [1.54, 1.807) is 18.2 Å². The Balaban J connectivity index is 2.14. The minimum Gasteiger partial charge on any atom is -0.503 e. The summed E-state index contributed by atoms with van der Waals surface area (Å²) in [6.07, 6.45) is 0. The average molecular weight is 330 g/mol. The maximum atomic E-state index is 13.1. The lowest BCUT2D eigenvalue weighted by molar-refractivity contribution is 0.318. The first-order valence-electron chi connectivity index (χ1n) is 6.34. The molecule has 0 radical (unpaired) electrons. The minimum absolute atomic E-state index is 0.0544. The van der Waals surface area contributed by atoms with E-state index in [0.29, 0.717) is 24.6 Å². The molecule has 112 valence electrons. The number of nitrogens with one attached hydrogen (secondary N) is 1. The average Bonchev–Trinajstić information content (AvgIpc) is 2.45. The van der Waals surface area contributed by atoms with Gasteiger partial charge in [0.1, 0.15) is 5.82 Å². The van der Waals surface area contributed by atoms with Gasteiger partial charge in [-0.2, -0.15) is 0 Å². The van der Waals surface area contributed by atoms with E-state index in [1.807, 2.05) is 6.92 Å². The Labute approximate surface area is 132 Å². The molecule has 2 rings (SSSR count). The van der Waals surface area contributed by atoms with Crippen LogP contribution in [-0.2, 0) is 6.54 Å². The van der Waals surface area contributed by atoms with Crippen LogP contribution in [0.4, 0.5) is 10.1 Å². The molecule has 0 bridgehead atoms. The maximum absolute atomic E-state index is 13.1. The summed E-state index contributed by atoms with van der Waals surface area (Å²) in [7, 11) is 0. The first kappa shape index (κ1) is 15.7. The first-order chi connectivity index (χ1) is 10.0. The van der Waals surface area contributed by atoms with Crippen molar-refractivity contribution in [2.24, 2.45) is 0 Å². The lowest BCUT2D eigenvalue weighted by Gasteiger charge is -2.12. The quantitative estimate of drug-likeness (QED) is 0.823. The van der Waals surface area contributed by atoms with Crippen molar-refractivity contribution < 1.29 is 14.2 Å². The van der Waals surface area contributed by atoms with Gasteiger partial charge in [0.2, 0.25) is 0 Å². The molecule has 0 aliphatic heterocycles. The third-order valence-electron chi connectivity index (χ3n) is 2.80. The number of benzene rings is 2. The van der Waals surface area contributed by atoms with Crippen molar-refractivity contribution in [3.05, 3.63) is 51.8 Å². The van der Waals surface area contributed by atoms with Crippen LogP contribution in [0.1, 0.15) is 12.5 Å². The van der Waals surface area contributed by atoms with Crippen molar-refractivity contribution in [1.29, 1.82) is 0 Å². The molecular formula is C15H14Cl2FNO2. The predicted octanol–water partition coefficient (Wildman–Crippen LogP) is 4.85. The van der Waals surface area contributed by atoms with Crippen molar-refractivity contribution in [1.82, 2.24) is 0 Å². The van der Waals surface area contributed by atoms with E-state index >= 15 is 0 Å². The van der Waals surface area contributed by atoms with Gasteiger partial charge in [-0.25, -0.2) is 4.39 Å². The summed E-state index contributed by atoms with van der Waals surface area (Å²) in [4.78, 5) is 0. The van der Waals surface area contributed by atoms with Crippen LogP contribution >= 0.6 is 23.2 Å². The lowest BCUT2D eigenvalue weighted by atomic mass is 10.2. The molecule has 0 saturated heterocycles. The van der Waals surface area contributed by atoms with Crippen LogP contribution in [0.5, 0.6) is 11.5 Å². The molecule has 3 nitrogen and oxygen atoms in total. The molecule has 0 spiro atoms. The Kier molecular flexibility index (Phi) is 5.15. The number of phenolic OH excluding ortho intramolecular Hbond substituents is 1. The van der Waals surface area contributed by atoms with Crippen LogP contribution in [0.15, 0.2) is 30.3 Å². The number of rotatable bonds is 5. The smallest absolute Gasteiger partial charge is 0.176 e. The monoisotopic (exact) mass is 329 g/mol. The van der Waals surface area contributed by atoms with Crippen LogP contribution in [0, 0.1) is 5.82 Å². The number of aromatic hydroxyl groups is 1. The molecular weight excluding hydrogens is 316 g/mol. The van der Waals surface area contributed by atoms with Crippen molar-refractivity contribution >= 4 is 28.9 Å². The van der Waals surface area contributed by atoms with Crippen molar-refractivity contribution in [3.8, 4) is 11.5 Å². The standard InChI is InChI=1S/C15H14Cl2FNO2/c1-2-21-14-6-9(5-12(17)15(14)20)8-19-10-3-4-13(18)11(16)7-10/h3-7,19-20H,2,8H2,1H3. The minimum atomic E-state index is -0.464. The molecule has 2 N–H and O–H groups in total. The molecule has 0 amide bonds. The topological polar surface area (TPSA) is 41.5 Å². The zero-order valence-corrected chi connectivity index (χ0v) is 12.8. The SMILES string of the molecule is CCOc1cc(CNc2ccc(F)c(Cl)c2)cc(Cl)c1O. The second-order valence-corrected chi connectivity index (χ2v) is 5.15. The molecule has 0 aliphatic carbocycles. The Morgan fingerprint density at radius 1 is 1.19 bits per heavy atom. The molecule has 0 aromatic heterocycles. The van der Waals surface area contributed by atoms with Gasteiger partial charge in [0.05, 0.1) is 16.7 Å². The fraction of sp³-hybridized carbons (Fsp3) is 0.200. The molecule has 0 heterocycles. The maximum Gasteiger partial charge on any atom is 0.176 e. The molecule has 0 aliphatic rings. The number of anilines is 1. The van der Waals surface area contributed by atoms with Gasteiger partial charge in [0, 0.05) is 12.2 Å². The molecule has 2 aromatic rings. The van der Waals surface area contributed by atoms with E-state index in [1.165, 1.54) is 12.1 Å². The summed E-state index contributed by atoms with van der Waals surface area (Å²) in [5.74, 6) is -0.209. The Bertz CT molecular complexity index is 650. The zero-order valence-electron chi connectivity index (χ0n) is 11.3. The summed E-state index contributed by atoms with van der Waals surface area (Å²) in [5.41, 5.74) is 1.50. The van der Waals surface area contributed by atoms with E-state index in [2.05, 4.69) is 5.32 Å². The van der Waals surface area contributed by atoms with Gasteiger partial charge in [-0.3, -0.25) is 0 Å². The Morgan fingerprint density at radius 2 is 1.95 bits per heavy atom. The molecule has 6 heteroatoms. The summed E-state index contributed by atoms with van der Waals surface area (Å²) < 4.78 is 18.4. The second kappa shape index (κ2) is 6.87. The Hall–Kier alpha value is -1.65. The van der Waals surface area contributed by atoms with Crippen molar-refractivity contribution in [2.45, 2.75) is 13.5 Å². The van der Waals surface area contributed by atoms with Gasteiger partial charge < -0.3 is 15.2 Å². The third-order valence-corrected chi connectivity index (χ3v) is 3.38. The molecule has 0 saturated carbocycles. The van der Waals surface area contributed by atoms with E-state index in [-0.39, 0.29) is 15.8 Å². The van der Waals surface area contributed by atoms with Gasteiger partial charge in [0.25, 0.3) is 0 Å². The number of hydrogen-bond acceptors (Lipinski definition) is 3. The summed E-state index contributed by atoms with van der Waals surface area (Å²) in [6.45, 7) is 2.68. The van der Waals surface area contributed by atoms with E-state index in [9.17, 15) is 9.50 Å². The van der Waals surface area contributed by atoms with Crippen LogP contribution in [-0.4, -0.2) is 11.7 Å². The van der Waals surface area contributed by atoms with Gasteiger partial charge in [-0.05, 0) is 42.8 Å². The number of ether oxygens (including phenoxy) is 1. The first-order valence-corrected chi connectivity index (χ1v) is 7.10. The summed E-state index contributed by atoms with van der Waals surface area (Å²) in [6, 6.07) is 7.72. The van der Waals surface area contributed by atoms with Crippen LogP contribution < -0.4 is 10.1 Å². The summed E-state index contributed by atoms with van der Waals surface area (Å²) in [5, 5.41) is 13.1. The van der Waals surface area contributed by atoms with Gasteiger partial charge >= 0.3 is 0 Å². The highest BCUT2D eigenvalue weighted by Gasteiger charge is 2.09. The third kappa shape index (κ3) is 3.93. The zero-order chi connectivity index (χ0) is 15.4. The lowest BCUT2D eigenvalue weighted by Crippen LogP contribution is -2.01. The molecule has 0 fully saturated rings. The summed E-state index contributed by atoms with van der Waals surface area (Å²) >= 11 is 11.7. The normalized spacial score (nSPS) is 10.5. The van der Waals surface area contributed by atoms with E-state index < -0.39 is 5.82 Å². The second-order valence-electron chi connectivity index (χ2n) is 4.34. The highest BCUT2D eigenvalue weighted by atomic mass is 35.5. The van der Waals surface area contributed by atoms with Crippen molar-refractivity contribution in [3.63, 3.8) is 0 Å². The van der Waals surface area contributed by atoms with Crippen LogP contribution in [0.2, 0.25) is 10.0 Å². The molecule has 2 aromatic carbocycles. The largest absolute Gasteiger partial charge is 0.503 e. The molecule has 21 heavy (non-hydrogen) atoms. The van der Waals surface area contributed by atoms with Crippen LogP contribution in [0.3, 0.4) is 0 Å². The fourth-order valence-electron chi connectivity index (χ4n) is 1.81. The number of phenols is 1. The van der Waals surface area contributed by atoms with E-state index in [0.717, 1.165) is 5.56 Å². The van der Waals surface area contributed by atoms with Gasteiger partial charge in [0.15, 0.2) is 11.5 Å². The molecule has 0 unspecified atom stereocenters. The highest BCUT2D eigenvalue weighted by molar-refractivity contribution is 6.32. The fourth-order valence-corrected chi connectivity index (χ4v) is 2.22. The number of halogens is 3. The van der Waals surface area contributed by atoms with Crippen LogP contribution in [0.25, 0.3) is 0 Å².